The van der Waals surface area contributed by atoms with Gasteiger partial charge in [0.15, 0.2) is 0 Å². The lowest BCUT2D eigenvalue weighted by molar-refractivity contribution is 0.0270. The molecule has 3 aromatic rings. The van der Waals surface area contributed by atoms with E-state index in [1.165, 1.54) is 12.3 Å². The Hall–Kier alpha value is -3.62. The molecular formula is C26H27FN4O3. The fourth-order valence-corrected chi connectivity index (χ4v) is 4.47. The number of hydrogen-bond donors (Lipinski definition) is 2. The number of amides is 2. The normalized spacial score (nSPS) is 18.5. The predicted molar refractivity (Wildman–Crippen MR) is 126 cm³/mol. The molecule has 2 heterocycles. The van der Waals surface area contributed by atoms with E-state index in [2.05, 4.69) is 23.7 Å². The smallest absolute Gasteiger partial charge is 0.274 e. The van der Waals surface area contributed by atoms with Crippen LogP contribution in [-0.2, 0) is 6.54 Å². The lowest BCUT2D eigenvalue weighted by Crippen LogP contribution is -2.57. The lowest BCUT2D eigenvalue weighted by atomic mass is 10.0. The number of carbonyl (C=O) groups excluding carboxylic acids is 2. The van der Waals surface area contributed by atoms with Crippen LogP contribution in [0.25, 0.3) is 11.1 Å². The third-order valence-corrected chi connectivity index (χ3v) is 6.24. The standard InChI is InChI=1S/C26H27FN4O3/c1-17-14-30(15-18(2)31(17)16-19-6-8-20(9-7-19)25(32)29-34)26(33)23-5-3-4-21(12-23)22-10-11-28-24(27)13-22/h3-13,17-18,34H,14-16H2,1-2H3,(H,29,32)/t17-,18+. The summed E-state index contributed by atoms with van der Waals surface area (Å²) in [6.07, 6.45) is 1.41. The zero-order chi connectivity index (χ0) is 24.2. The molecule has 4 rings (SSSR count). The first-order valence-electron chi connectivity index (χ1n) is 11.2. The molecule has 0 spiro atoms. The van der Waals surface area contributed by atoms with E-state index < -0.39 is 11.9 Å². The van der Waals surface area contributed by atoms with Gasteiger partial charge in [-0.05, 0) is 60.9 Å². The molecule has 0 bridgehead atoms. The average Bonchev–Trinajstić information content (AvgIpc) is 2.85. The maximum absolute atomic E-state index is 13.5. The summed E-state index contributed by atoms with van der Waals surface area (Å²) in [5, 5.41) is 8.77. The van der Waals surface area contributed by atoms with Crippen LogP contribution in [0.3, 0.4) is 0 Å². The highest BCUT2D eigenvalue weighted by atomic mass is 19.1. The van der Waals surface area contributed by atoms with E-state index in [1.54, 1.807) is 35.8 Å². The molecule has 0 aliphatic carbocycles. The van der Waals surface area contributed by atoms with E-state index in [9.17, 15) is 14.0 Å². The summed E-state index contributed by atoms with van der Waals surface area (Å²) in [6.45, 7) is 6.05. The molecule has 0 radical (unpaired) electrons. The minimum Gasteiger partial charge on any atom is -0.336 e. The Morgan fingerprint density at radius 2 is 1.68 bits per heavy atom. The quantitative estimate of drug-likeness (QED) is 0.343. The summed E-state index contributed by atoms with van der Waals surface area (Å²) in [4.78, 5) is 32.6. The van der Waals surface area contributed by atoms with Crippen molar-refractivity contribution in [3.05, 3.63) is 89.5 Å². The largest absolute Gasteiger partial charge is 0.336 e. The van der Waals surface area contributed by atoms with Crippen molar-refractivity contribution in [1.82, 2.24) is 20.3 Å². The van der Waals surface area contributed by atoms with Gasteiger partial charge in [0.05, 0.1) is 0 Å². The van der Waals surface area contributed by atoms with Gasteiger partial charge in [-0.2, -0.15) is 4.39 Å². The second-order valence-electron chi connectivity index (χ2n) is 8.67. The summed E-state index contributed by atoms with van der Waals surface area (Å²) in [5.74, 6) is -1.15. The summed E-state index contributed by atoms with van der Waals surface area (Å²) in [7, 11) is 0. The minimum atomic E-state index is -0.556. The van der Waals surface area contributed by atoms with Crippen LogP contribution in [0.4, 0.5) is 4.39 Å². The van der Waals surface area contributed by atoms with Gasteiger partial charge in [0.2, 0.25) is 5.95 Å². The van der Waals surface area contributed by atoms with E-state index in [-0.39, 0.29) is 18.0 Å². The van der Waals surface area contributed by atoms with Crippen LogP contribution >= 0.6 is 0 Å². The van der Waals surface area contributed by atoms with Crippen molar-refractivity contribution < 1.29 is 19.2 Å². The van der Waals surface area contributed by atoms with Crippen LogP contribution in [0.1, 0.15) is 40.1 Å². The second-order valence-corrected chi connectivity index (χ2v) is 8.67. The molecule has 1 aliphatic heterocycles. The van der Waals surface area contributed by atoms with Crippen LogP contribution < -0.4 is 5.48 Å². The summed E-state index contributed by atoms with van der Waals surface area (Å²) in [6, 6.07) is 17.7. The molecule has 176 valence electrons. The molecule has 1 aromatic heterocycles. The molecule has 2 atom stereocenters. The van der Waals surface area contributed by atoms with Gasteiger partial charge in [-0.1, -0.05) is 24.3 Å². The molecule has 8 heteroatoms. The number of nitrogens with one attached hydrogen (secondary N) is 1. The van der Waals surface area contributed by atoms with E-state index >= 15 is 0 Å². The van der Waals surface area contributed by atoms with Crippen LogP contribution in [-0.4, -0.2) is 57.0 Å². The molecule has 34 heavy (non-hydrogen) atoms. The zero-order valence-corrected chi connectivity index (χ0v) is 19.1. The third-order valence-electron chi connectivity index (χ3n) is 6.24. The molecule has 0 saturated carbocycles. The highest BCUT2D eigenvalue weighted by molar-refractivity contribution is 5.95. The number of aromatic nitrogens is 1. The molecule has 7 nitrogen and oxygen atoms in total. The molecule has 2 amide bonds. The van der Waals surface area contributed by atoms with Gasteiger partial charge >= 0.3 is 0 Å². The Bertz CT molecular complexity index is 1170. The number of halogens is 1. The van der Waals surface area contributed by atoms with Crippen molar-refractivity contribution >= 4 is 11.8 Å². The van der Waals surface area contributed by atoms with Crippen molar-refractivity contribution in [2.45, 2.75) is 32.5 Å². The van der Waals surface area contributed by atoms with Gasteiger partial charge in [0, 0.05) is 55.1 Å². The number of pyridine rings is 1. The predicted octanol–water partition coefficient (Wildman–Crippen LogP) is 3.74. The number of nitrogens with zero attached hydrogens (tertiary/aromatic N) is 3. The van der Waals surface area contributed by atoms with Crippen molar-refractivity contribution in [1.29, 1.82) is 0 Å². The van der Waals surface area contributed by atoms with Crippen LogP contribution in [0, 0.1) is 5.95 Å². The van der Waals surface area contributed by atoms with E-state index in [0.29, 0.717) is 36.3 Å². The first kappa shape index (κ1) is 23.5. The number of rotatable bonds is 5. The maximum Gasteiger partial charge on any atom is 0.274 e. The zero-order valence-electron chi connectivity index (χ0n) is 19.1. The van der Waals surface area contributed by atoms with E-state index in [1.807, 2.05) is 29.2 Å². The first-order valence-corrected chi connectivity index (χ1v) is 11.2. The highest BCUT2D eigenvalue weighted by Crippen LogP contribution is 2.24. The van der Waals surface area contributed by atoms with Crippen LogP contribution in [0.5, 0.6) is 0 Å². The Morgan fingerprint density at radius 1 is 1.00 bits per heavy atom. The van der Waals surface area contributed by atoms with Crippen LogP contribution in [0.15, 0.2) is 66.9 Å². The summed E-state index contributed by atoms with van der Waals surface area (Å²) in [5.41, 5.74) is 5.08. The number of piperazine rings is 1. The summed E-state index contributed by atoms with van der Waals surface area (Å²) < 4.78 is 13.5. The monoisotopic (exact) mass is 462 g/mol. The fraction of sp³-hybridized carbons (Fsp3) is 0.269. The number of benzene rings is 2. The number of hydrogen-bond acceptors (Lipinski definition) is 5. The van der Waals surface area contributed by atoms with Gasteiger partial charge in [-0.3, -0.25) is 19.7 Å². The molecule has 1 aliphatic rings. The van der Waals surface area contributed by atoms with Gasteiger partial charge in [-0.25, -0.2) is 10.5 Å². The van der Waals surface area contributed by atoms with Gasteiger partial charge in [0.25, 0.3) is 11.8 Å². The highest BCUT2D eigenvalue weighted by Gasteiger charge is 2.32. The molecule has 0 unspecified atom stereocenters. The molecular weight excluding hydrogens is 435 g/mol. The Morgan fingerprint density at radius 3 is 2.32 bits per heavy atom. The van der Waals surface area contributed by atoms with Crippen molar-refractivity contribution in [2.75, 3.05) is 13.1 Å². The molecule has 1 fully saturated rings. The van der Waals surface area contributed by atoms with E-state index in [4.69, 9.17) is 5.21 Å². The maximum atomic E-state index is 13.5. The van der Waals surface area contributed by atoms with Gasteiger partial charge < -0.3 is 4.90 Å². The third kappa shape index (κ3) is 5.13. The Kier molecular flexibility index (Phi) is 7.00. The van der Waals surface area contributed by atoms with Crippen molar-refractivity contribution in [3.8, 4) is 11.1 Å². The molecule has 1 saturated heterocycles. The topological polar surface area (TPSA) is 85.8 Å². The number of carbonyl (C=O) groups is 2. The molecule has 2 N–H and O–H groups in total. The number of hydroxylamine groups is 1. The Balaban J connectivity index is 1.44. The lowest BCUT2D eigenvalue weighted by Gasteiger charge is -2.44. The van der Waals surface area contributed by atoms with Crippen molar-refractivity contribution in [2.24, 2.45) is 0 Å². The molecule has 2 aromatic carbocycles. The van der Waals surface area contributed by atoms with E-state index in [0.717, 1.165) is 11.1 Å². The van der Waals surface area contributed by atoms with Crippen LogP contribution in [0.2, 0.25) is 0 Å². The summed E-state index contributed by atoms with van der Waals surface area (Å²) >= 11 is 0. The SMILES string of the molecule is C[C@@H]1CN(C(=O)c2cccc(-c3ccnc(F)c3)c2)C[C@H](C)N1Cc1ccc(C(=O)NO)cc1. The minimum absolute atomic E-state index is 0.0471. The first-order chi connectivity index (χ1) is 16.4. The van der Waals surface area contributed by atoms with Gasteiger partial charge in [0.1, 0.15) is 0 Å². The Labute approximate surface area is 197 Å². The fourth-order valence-electron chi connectivity index (χ4n) is 4.47. The van der Waals surface area contributed by atoms with Crippen molar-refractivity contribution in [3.63, 3.8) is 0 Å². The van der Waals surface area contributed by atoms with Gasteiger partial charge in [-0.15, -0.1) is 0 Å². The average molecular weight is 463 g/mol. The second kappa shape index (κ2) is 10.1.